The van der Waals surface area contributed by atoms with Gasteiger partial charge in [-0.25, -0.2) is 9.37 Å². The van der Waals surface area contributed by atoms with Crippen LogP contribution in [0.3, 0.4) is 0 Å². The van der Waals surface area contributed by atoms with Crippen LogP contribution in [0.25, 0.3) is 11.3 Å². The Labute approximate surface area is 129 Å². The fourth-order valence-electron chi connectivity index (χ4n) is 2.37. The summed E-state index contributed by atoms with van der Waals surface area (Å²) in [4.78, 5) is 4.61. The molecule has 0 bridgehead atoms. The van der Waals surface area contributed by atoms with E-state index in [1.54, 1.807) is 6.07 Å². The second kappa shape index (κ2) is 5.68. The van der Waals surface area contributed by atoms with Crippen molar-refractivity contribution in [1.29, 1.82) is 0 Å². The number of hydrogen-bond donors (Lipinski definition) is 1. The molecule has 0 fully saturated rings. The molecule has 0 radical (unpaired) electrons. The first-order valence-electron chi connectivity index (χ1n) is 7.07. The standard InChI is InChI=1S/C16H21ClFN3/c1-5-8-21-14(19)13(20-15(21)16(2,3)4)11-9-10(17)6-7-12(11)18/h6-7,9H,5,8,19H2,1-4H3. The summed E-state index contributed by atoms with van der Waals surface area (Å²) in [6.07, 6.45) is 0.932. The molecule has 0 aliphatic carbocycles. The van der Waals surface area contributed by atoms with E-state index < -0.39 is 0 Å². The molecule has 2 rings (SSSR count). The van der Waals surface area contributed by atoms with Crippen LogP contribution in [-0.2, 0) is 12.0 Å². The van der Waals surface area contributed by atoms with Crippen molar-refractivity contribution in [2.75, 3.05) is 5.73 Å². The van der Waals surface area contributed by atoms with Gasteiger partial charge in [0, 0.05) is 22.5 Å². The zero-order valence-electron chi connectivity index (χ0n) is 12.9. The molecule has 0 saturated heterocycles. The molecule has 0 atom stereocenters. The quantitative estimate of drug-likeness (QED) is 0.898. The highest BCUT2D eigenvalue weighted by atomic mass is 35.5. The molecule has 1 heterocycles. The van der Waals surface area contributed by atoms with E-state index in [-0.39, 0.29) is 11.2 Å². The Bertz CT molecular complexity index is 656. The summed E-state index contributed by atoms with van der Waals surface area (Å²) >= 11 is 5.97. The summed E-state index contributed by atoms with van der Waals surface area (Å²) in [6.45, 7) is 9.04. The summed E-state index contributed by atoms with van der Waals surface area (Å²) < 4.78 is 16.1. The largest absolute Gasteiger partial charge is 0.383 e. The molecule has 1 aromatic carbocycles. The first-order valence-corrected chi connectivity index (χ1v) is 7.45. The number of hydrogen-bond acceptors (Lipinski definition) is 2. The summed E-state index contributed by atoms with van der Waals surface area (Å²) in [7, 11) is 0. The van der Waals surface area contributed by atoms with Crippen LogP contribution >= 0.6 is 11.6 Å². The van der Waals surface area contributed by atoms with Crippen molar-refractivity contribution in [3.63, 3.8) is 0 Å². The first kappa shape index (κ1) is 15.8. The minimum Gasteiger partial charge on any atom is -0.383 e. The Morgan fingerprint density at radius 3 is 2.57 bits per heavy atom. The second-order valence-corrected chi connectivity index (χ2v) is 6.63. The zero-order valence-corrected chi connectivity index (χ0v) is 13.6. The van der Waals surface area contributed by atoms with Crippen LogP contribution in [0.5, 0.6) is 0 Å². The fraction of sp³-hybridized carbons (Fsp3) is 0.438. The van der Waals surface area contributed by atoms with Crippen LogP contribution in [0.4, 0.5) is 10.2 Å². The maximum atomic E-state index is 14.1. The molecular weight excluding hydrogens is 289 g/mol. The smallest absolute Gasteiger partial charge is 0.132 e. The van der Waals surface area contributed by atoms with Crippen LogP contribution < -0.4 is 5.73 Å². The molecule has 0 amide bonds. The number of imidazole rings is 1. The molecule has 0 unspecified atom stereocenters. The van der Waals surface area contributed by atoms with Gasteiger partial charge in [-0.15, -0.1) is 0 Å². The predicted octanol–water partition coefficient (Wildman–Crippen LogP) is 4.63. The van der Waals surface area contributed by atoms with E-state index in [4.69, 9.17) is 17.3 Å². The summed E-state index contributed by atoms with van der Waals surface area (Å²) in [5.41, 5.74) is 6.87. The first-order chi connectivity index (χ1) is 9.75. The molecule has 2 N–H and O–H groups in total. The number of aromatic nitrogens is 2. The molecule has 5 heteroatoms. The van der Waals surface area contributed by atoms with Crippen molar-refractivity contribution >= 4 is 17.4 Å². The number of nitrogens with two attached hydrogens (primary N) is 1. The third kappa shape index (κ3) is 3.05. The van der Waals surface area contributed by atoms with Gasteiger partial charge in [-0.3, -0.25) is 0 Å². The van der Waals surface area contributed by atoms with Crippen LogP contribution in [0, 0.1) is 5.82 Å². The lowest BCUT2D eigenvalue weighted by molar-refractivity contribution is 0.498. The molecule has 0 spiro atoms. The van der Waals surface area contributed by atoms with E-state index in [2.05, 4.69) is 32.7 Å². The van der Waals surface area contributed by atoms with E-state index in [0.717, 1.165) is 18.8 Å². The third-order valence-corrected chi connectivity index (χ3v) is 3.54. The van der Waals surface area contributed by atoms with E-state index in [1.807, 2.05) is 4.57 Å². The summed E-state index contributed by atoms with van der Waals surface area (Å²) in [5.74, 6) is 0.979. The molecule has 2 aromatic rings. The van der Waals surface area contributed by atoms with E-state index in [1.165, 1.54) is 12.1 Å². The summed E-state index contributed by atoms with van der Waals surface area (Å²) in [6, 6.07) is 4.43. The maximum Gasteiger partial charge on any atom is 0.132 e. The Hall–Kier alpha value is -1.55. The van der Waals surface area contributed by atoms with Gasteiger partial charge in [0.25, 0.3) is 0 Å². The molecule has 0 aliphatic heterocycles. The molecule has 0 aliphatic rings. The van der Waals surface area contributed by atoms with Gasteiger partial charge in [0.2, 0.25) is 0 Å². The lowest BCUT2D eigenvalue weighted by Crippen LogP contribution is -2.19. The Kier molecular flexibility index (Phi) is 4.28. The van der Waals surface area contributed by atoms with Crippen LogP contribution in [-0.4, -0.2) is 9.55 Å². The Morgan fingerprint density at radius 1 is 1.33 bits per heavy atom. The highest BCUT2D eigenvalue weighted by Gasteiger charge is 2.26. The topological polar surface area (TPSA) is 43.8 Å². The van der Waals surface area contributed by atoms with Gasteiger partial charge in [0.05, 0.1) is 0 Å². The predicted molar refractivity (Wildman–Crippen MR) is 86.0 cm³/mol. The minimum absolute atomic E-state index is 0.170. The fourth-order valence-corrected chi connectivity index (χ4v) is 2.54. The van der Waals surface area contributed by atoms with E-state index >= 15 is 0 Å². The number of rotatable bonds is 3. The second-order valence-electron chi connectivity index (χ2n) is 6.20. The van der Waals surface area contributed by atoms with Gasteiger partial charge in [-0.05, 0) is 24.6 Å². The molecule has 1 aromatic heterocycles. The van der Waals surface area contributed by atoms with E-state index in [0.29, 0.717) is 22.1 Å². The van der Waals surface area contributed by atoms with Crippen LogP contribution in [0.1, 0.15) is 39.9 Å². The zero-order chi connectivity index (χ0) is 15.8. The molecule has 3 nitrogen and oxygen atoms in total. The molecule has 114 valence electrons. The van der Waals surface area contributed by atoms with Crippen molar-refractivity contribution < 1.29 is 4.39 Å². The average Bonchev–Trinajstić information content (AvgIpc) is 2.71. The highest BCUT2D eigenvalue weighted by molar-refractivity contribution is 6.30. The van der Waals surface area contributed by atoms with Gasteiger partial charge >= 0.3 is 0 Å². The van der Waals surface area contributed by atoms with Crippen molar-refractivity contribution in [1.82, 2.24) is 9.55 Å². The van der Waals surface area contributed by atoms with Gasteiger partial charge in [-0.2, -0.15) is 0 Å². The van der Waals surface area contributed by atoms with Crippen molar-refractivity contribution in [2.24, 2.45) is 0 Å². The molecular formula is C16H21ClFN3. The van der Waals surface area contributed by atoms with Crippen molar-refractivity contribution in [2.45, 2.75) is 46.1 Å². The average molecular weight is 310 g/mol. The van der Waals surface area contributed by atoms with Gasteiger partial charge in [0.1, 0.15) is 23.2 Å². The van der Waals surface area contributed by atoms with Gasteiger partial charge in [0.15, 0.2) is 0 Å². The number of nitrogen functional groups attached to an aromatic ring is 1. The SMILES string of the molecule is CCCn1c(C(C)(C)C)nc(-c2cc(Cl)ccc2F)c1N. The number of halogens is 2. The monoisotopic (exact) mass is 309 g/mol. The van der Waals surface area contributed by atoms with Crippen molar-refractivity contribution in [3.8, 4) is 11.3 Å². The number of benzene rings is 1. The normalized spacial score (nSPS) is 11.9. The third-order valence-electron chi connectivity index (χ3n) is 3.31. The minimum atomic E-state index is -0.368. The van der Waals surface area contributed by atoms with Gasteiger partial charge in [-0.1, -0.05) is 39.3 Å². The van der Waals surface area contributed by atoms with E-state index in [9.17, 15) is 4.39 Å². The number of anilines is 1. The lowest BCUT2D eigenvalue weighted by atomic mass is 9.95. The van der Waals surface area contributed by atoms with Gasteiger partial charge < -0.3 is 10.3 Å². The molecule has 21 heavy (non-hydrogen) atoms. The Balaban J connectivity index is 2.68. The van der Waals surface area contributed by atoms with Crippen LogP contribution in [0.2, 0.25) is 5.02 Å². The molecule has 0 saturated carbocycles. The van der Waals surface area contributed by atoms with Crippen molar-refractivity contribution in [3.05, 3.63) is 34.9 Å². The van der Waals surface area contributed by atoms with Crippen LogP contribution in [0.15, 0.2) is 18.2 Å². The lowest BCUT2D eigenvalue weighted by Gasteiger charge is -2.19. The summed E-state index contributed by atoms with van der Waals surface area (Å²) in [5, 5.41) is 0.466. The highest BCUT2D eigenvalue weighted by Crippen LogP contribution is 2.34. The number of nitrogens with zero attached hydrogens (tertiary/aromatic N) is 2. The maximum absolute atomic E-state index is 14.1. The Morgan fingerprint density at radius 2 is 2.00 bits per heavy atom.